The summed E-state index contributed by atoms with van der Waals surface area (Å²) < 4.78 is 26.8. The van der Waals surface area contributed by atoms with Crippen LogP contribution in [0.25, 0.3) is 0 Å². The molecule has 9 heteroatoms. The van der Waals surface area contributed by atoms with Gasteiger partial charge in [-0.25, -0.2) is 13.1 Å². The summed E-state index contributed by atoms with van der Waals surface area (Å²) in [5.41, 5.74) is 0. The number of nitrogens with zero attached hydrogens (tertiary/aromatic N) is 2. The van der Waals surface area contributed by atoms with Gasteiger partial charge in [0.2, 0.25) is 15.2 Å². The summed E-state index contributed by atoms with van der Waals surface area (Å²) in [6.07, 6.45) is 0. The van der Waals surface area contributed by atoms with Crippen LogP contribution in [0.3, 0.4) is 0 Å². The molecule has 0 aliphatic heterocycles. The van der Waals surface area contributed by atoms with E-state index < -0.39 is 10.0 Å². The van der Waals surface area contributed by atoms with Gasteiger partial charge in [-0.05, 0) is 26.8 Å². The van der Waals surface area contributed by atoms with Crippen molar-refractivity contribution in [2.45, 2.75) is 25.7 Å². The van der Waals surface area contributed by atoms with E-state index in [0.717, 1.165) is 14.8 Å². The molecule has 0 saturated heterocycles. The average Bonchev–Trinajstić information content (AvgIpc) is 2.91. The standard InChI is InChI=1S/C11H16N4O2S3/c1-7-6-10(8(2)18-7)20(16,17)13-5-4-12-11-15-14-9(3)19-11/h6,13H,4-5H2,1-3H3,(H,12,15). The number of anilines is 1. The summed E-state index contributed by atoms with van der Waals surface area (Å²) in [5.74, 6) is 0. The van der Waals surface area contributed by atoms with Crippen LogP contribution in [0.2, 0.25) is 0 Å². The third kappa shape index (κ3) is 3.75. The molecule has 0 bridgehead atoms. The predicted octanol–water partition coefficient (Wildman–Crippen LogP) is 1.92. The minimum absolute atomic E-state index is 0.301. The van der Waals surface area contributed by atoms with E-state index in [1.54, 1.807) is 6.07 Å². The maximum atomic E-state index is 12.1. The molecule has 2 aromatic rings. The van der Waals surface area contributed by atoms with Crippen LogP contribution in [0.15, 0.2) is 11.0 Å². The minimum atomic E-state index is -3.43. The third-order valence-electron chi connectivity index (χ3n) is 2.50. The molecule has 0 atom stereocenters. The Morgan fingerprint density at radius 2 is 1.90 bits per heavy atom. The van der Waals surface area contributed by atoms with Crippen molar-refractivity contribution < 1.29 is 8.42 Å². The van der Waals surface area contributed by atoms with Crippen molar-refractivity contribution in [1.29, 1.82) is 0 Å². The van der Waals surface area contributed by atoms with Gasteiger partial charge in [-0.1, -0.05) is 11.3 Å². The number of hydrogen-bond donors (Lipinski definition) is 2. The van der Waals surface area contributed by atoms with Crippen molar-refractivity contribution >= 4 is 37.8 Å². The molecule has 0 unspecified atom stereocenters. The Kier molecular flexibility index (Phi) is 4.74. The van der Waals surface area contributed by atoms with Gasteiger partial charge < -0.3 is 5.32 Å². The van der Waals surface area contributed by atoms with E-state index in [0.29, 0.717) is 23.1 Å². The summed E-state index contributed by atoms with van der Waals surface area (Å²) in [6, 6.07) is 1.70. The fraction of sp³-hybridized carbons (Fsp3) is 0.455. The zero-order valence-corrected chi connectivity index (χ0v) is 13.9. The lowest BCUT2D eigenvalue weighted by Crippen LogP contribution is -2.29. The van der Waals surface area contributed by atoms with Crippen molar-refractivity contribution in [2.24, 2.45) is 0 Å². The predicted molar refractivity (Wildman–Crippen MR) is 82.1 cm³/mol. The first-order valence-corrected chi connectivity index (χ1v) is 9.11. The lowest BCUT2D eigenvalue weighted by Gasteiger charge is -2.06. The first-order chi connectivity index (χ1) is 9.38. The van der Waals surface area contributed by atoms with Crippen molar-refractivity contribution in [3.05, 3.63) is 20.8 Å². The number of aryl methyl sites for hydroxylation is 3. The second kappa shape index (κ2) is 6.17. The molecular formula is C11H16N4O2S3. The van der Waals surface area contributed by atoms with E-state index in [2.05, 4.69) is 20.2 Å². The molecule has 2 heterocycles. The Morgan fingerprint density at radius 1 is 1.15 bits per heavy atom. The molecule has 20 heavy (non-hydrogen) atoms. The van der Waals surface area contributed by atoms with E-state index in [-0.39, 0.29) is 0 Å². The maximum Gasteiger partial charge on any atom is 0.241 e. The Morgan fingerprint density at radius 3 is 2.45 bits per heavy atom. The molecule has 0 radical (unpaired) electrons. The van der Waals surface area contributed by atoms with Gasteiger partial charge >= 0.3 is 0 Å². The Hall–Kier alpha value is -1.03. The number of sulfonamides is 1. The minimum Gasteiger partial charge on any atom is -0.359 e. The second-order valence-corrected chi connectivity index (χ2v) is 8.61. The average molecular weight is 332 g/mol. The molecule has 0 amide bonds. The largest absolute Gasteiger partial charge is 0.359 e. The number of rotatable bonds is 6. The molecule has 0 saturated carbocycles. The van der Waals surface area contributed by atoms with E-state index in [1.165, 1.54) is 22.7 Å². The van der Waals surface area contributed by atoms with Gasteiger partial charge in [0.1, 0.15) is 5.01 Å². The number of nitrogens with one attached hydrogen (secondary N) is 2. The van der Waals surface area contributed by atoms with Gasteiger partial charge in [0, 0.05) is 22.8 Å². The van der Waals surface area contributed by atoms with Crippen LogP contribution >= 0.6 is 22.7 Å². The summed E-state index contributed by atoms with van der Waals surface area (Å²) in [5, 5.41) is 12.4. The van der Waals surface area contributed by atoms with E-state index in [1.807, 2.05) is 20.8 Å². The summed E-state index contributed by atoms with van der Waals surface area (Å²) in [7, 11) is -3.43. The van der Waals surface area contributed by atoms with Crippen LogP contribution in [0, 0.1) is 20.8 Å². The number of hydrogen-bond acceptors (Lipinski definition) is 7. The van der Waals surface area contributed by atoms with E-state index in [9.17, 15) is 8.42 Å². The highest BCUT2D eigenvalue weighted by molar-refractivity contribution is 7.89. The second-order valence-electron chi connectivity index (χ2n) is 4.23. The fourth-order valence-corrected chi connectivity index (χ4v) is 4.88. The fourth-order valence-electron chi connectivity index (χ4n) is 1.67. The van der Waals surface area contributed by atoms with E-state index >= 15 is 0 Å². The quantitative estimate of drug-likeness (QED) is 0.790. The molecular weight excluding hydrogens is 316 g/mol. The number of thiophene rings is 1. The van der Waals surface area contributed by atoms with Crippen LogP contribution in [0.4, 0.5) is 5.13 Å². The normalized spacial score (nSPS) is 11.8. The lowest BCUT2D eigenvalue weighted by molar-refractivity contribution is 0.582. The van der Waals surface area contributed by atoms with Crippen LogP contribution in [-0.2, 0) is 10.0 Å². The summed E-state index contributed by atoms with van der Waals surface area (Å²) in [6.45, 7) is 6.35. The maximum absolute atomic E-state index is 12.1. The topological polar surface area (TPSA) is 84.0 Å². The first-order valence-electron chi connectivity index (χ1n) is 5.99. The van der Waals surface area contributed by atoms with Gasteiger partial charge in [0.15, 0.2) is 0 Å². The molecule has 0 aromatic carbocycles. The van der Waals surface area contributed by atoms with Gasteiger partial charge in [0.25, 0.3) is 0 Å². The van der Waals surface area contributed by atoms with Gasteiger partial charge in [-0.3, -0.25) is 0 Å². The smallest absolute Gasteiger partial charge is 0.241 e. The van der Waals surface area contributed by atoms with E-state index in [4.69, 9.17) is 0 Å². The van der Waals surface area contributed by atoms with Gasteiger partial charge in [-0.2, -0.15) is 0 Å². The van der Waals surface area contributed by atoms with Crippen molar-refractivity contribution in [3.8, 4) is 0 Å². The highest BCUT2D eigenvalue weighted by atomic mass is 32.2. The highest BCUT2D eigenvalue weighted by Gasteiger charge is 2.18. The van der Waals surface area contributed by atoms with Crippen LogP contribution < -0.4 is 10.0 Å². The van der Waals surface area contributed by atoms with Crippen molar-refractivity contribution in [3.63, 3.8) is 0 Å². The molecule has 0 aliphatic carbocycles. The first kappa shape index (κ1) is 15.4. The molecule has 2 aromatic heterocycles. The van der Waals surface area contributed by atoms with Crippen LogP contribution in [-0.4, -0.2) is 31.7 Å². The van der Waals surface area contributed by atoms with Crippen LogP contribution in [0.1, 0.15) is 14.8 Å². The zero-order chi connectivity index (χ0) is 14.8. The summed E-state index contributed by atoms with van der Waals surface area (Å²) >= 11 is 2.92. The van der Waals surface area contributed by atoms with Gasteiger partial charge in [0.05, 0.1) is 4.90 Å². The van der Waals surface area contributed by atoms with Crippen molar-refractivity contribution in [1.82, 2.24) is 14.9 Å². The molecule has 110 valence electrons. The molecule has 0 aliphatic rings. The summed E-state index contributed by atoms with van der Waals surface area (Å²) in [4.78, 5) is 2.17. The lowest BCUT2D eigenvalue weighted by atomic mass is 10.4. The highest BCUT2D eigenvalue weighted by Crippen LogP contribution is 2.24. The molecule has 6 nitrogen and oxygen atoms in total. The zero-order valence-electron chi connectivity index (χ0n) is 11.4. The Bertz CT molecular complexity index is 690. The molecule has 0 fully saturated rings. The number of aromatic nitrogens is 2. The monoisotopic (exact) mass is 332 g/mol. The van der Waals surface area contributed by atoms with Crippen LogP contribution in [0.5, 0.6) is 0 Å². The molecule has 2 rings (SSSR count). The van der Waals surface area contributed by atoms with Gasteiger partial charge in [-0.15, -0.1) is 21.5 Å². The Labute approximate surface area is 126 Å². The SMILES string of the molecule is Cc1cc(S(=O)(=O)NCCNc2nnc(C)s2)c(C)s1. The third-order valence-corrected chi connectivity index (χ3v) is 5.98. The Balaban J connectivity index is 1.88. The molecule has 2 N–H and O–H groups in total. The molecule has 0 spiro atoms. The van der Waals surface area contributed by atoms with Crippen molar-refractivity contribution in [2.75, 3.05) is 18.4 Å².